The van der Waals surface area contributed by atoms with Gasteiger partial charge in [-0.15, -0.1) is 10.2 Å². The maximum atomic E-state index is 4.44. The molecule has 1 aromatic heterocycles. The smallest absolute Gasteiger partial charge is 0.191 e. The van der Waals surface area contributed by atoms with Gasteiger partial charge in [-0.25, -0.2) is 0 Å². The average molecular weight is 409 g/mol. The molecular formula is C24H36N6. The average Bonchev–Trinajstić information content (AvgIpc) is 3.02. The summed E-state index contributed by atoms with van der Waals surface area (Å²) in [6.45, 7) is 1.99. The van der Waals surface area contributed by atoms with Gasteiger partial charge >= 0.3 is 0 Å². The summed E-state index contributed by atoms with van der Waals surface area (Å²) in [6.07, 6.45) is 11.8. The predicted molar refractivity (Wildman–Crippen MR) is 122 cm³/mol. The van der Waals surface area contributed by atoms with Crippen molar-refractivity contribution in [3.8, 4) is 0 Å². The van der Waals surface area contributed by atoms with Crippen LogP contribution < -0.4 is 10.6 Å². The third-order valence-corrected chi connectivity index (χ3v) is 6.62. The lowest BCUT2D eigenvalue weighted by atomic mass is 9.82. The zero-order valence-corrected chi connectivity index (χ0v) is 18.3. The summed E-state index contributed by atoms with van der Waals surface area (Å²) in [5.74, 6) is 3.96. The molecule has 162 valence electrons. The molecule has 0 atom stereocenters. The third kappa shape index (κ3) is 5.41. The van der Waals surface area contributed by atoms with Crippen molar-refractivity contribution < 1.29 is 0 Å². The highest BCUT2D eigenvalue weighted by Gasteiger charge is 2.22. The van der Waals surface area contributed by atoms with Crippen LogP contribution in [0.25, 0.3) is 0 Å². The summed E-state index contributed by atoms with van der Waals surface area (Å²) in [7, 11) is 1.86. The normalized spacial score (nSPS) is 22.2. The molecule has 6 nitrogen and oxygen atoms in total. The van der Waals surface area contributed by atoms with E-state index in [4.69, 9.17) is 0 Å². The minimum atomic E-state index is 0.517. The van der Waals surface area contributed by atoms with Crippen LogP contribution in [0.1, 0.15) is 74.5 Å². The van der Waals surface area contributed by atoms with Gasteiger partial charge in [0.1, 0.15) is 11.6 Å². The SMILES string of the molecule is CN=C(NCCCc1nnc2n1CCCCC2)NC1CCC(c2ccccc2)CC1. The predicted octanol–water partition coefficient (Wildman–Crippen LogP) is 3.83. The van der Waals surface area contributed by atoms with Gasteiger partial charge in [-0.05, 0) is 56.4 Å². The molecule has 1 aliphatic carbocycles. The van der Waals surface area contributed by atoms with Gasteiger partial charge in [0.2, 0.25) is 0 Å². The fourth-order valence-corrected chi connectivity index (χ4v) is 4.87. The van der Waals surface area contributed by atoms with Crippen LogP contribution in [0.5, 0.6) is 0 Å². The van der Waals surface area contributed by atoms with Gasteiger partial charge in [0.05, 0.1) is 0 Å². The molecule has 2 aromatic rings. The number of nitrogens with one attached hydrogen (secondary N) is 2. The van der Waals surface area contributed by atoms with Crippen molar-refractivity contribution in [2.75, 3.05) is 13.6 Å². The van der Waals surface area contributed by atoms with Crippen LogP contribution >= 0.6 is 0 Å². The van der Waals surface area contributed by atoms with Crippen LogP contribution in [0.3, 0.4) is 0 Å². The number of benzene rings is 1. The van der Waals surface area contributed by atoms with Gasteiger partial charge in [-0.1, -0.05) is 36.8 Å². The van der Waals surface area contributed by atoms with Crippen LogP contribution in [0.4, 0.5) is 0 Å². The molecule has 1 aromatic carbocycles. The van der Waals surface area contributed by atoms with E-state index in [1.165, 1.54) is 56.3 Å². The molecule has 6 heteroatoms. The van der Waals surface area contributed by atoms with Crippen LogP contribution in [0, 0.1) is 0 Å². The molecule has 4 rings (SSSR count). The molecule has 1 aliphatic heterocycles. The molecular weight excluding hydrogens is 372 g/mol. The Morgan fingerprint density at radius 1 is 1.07 bits per heavy atom. The van der Waals surface area contributed by atoms with E-state index in [1.54, 1.807) is 0 Å². The van der Waals surface area contributed by atoms with Crippen LogP contribution in [0.15, 0.2) is 35.3 Å². The molecule has 1 fully saturated rings. The number of rotatable bonds is 6. The van der Waals surface area contributed by atoms with E-state index in [0.29, 0.717) is 12.0 Å². The van der Waals surface area contributed by atoms with Gasteiger partial charge in [0.25, 0.3) is 0 Å². The quantitative estimate of drug-likeness (QED) is 0.433. The number of nitrogens with zero attached hydrogens (tertiary/aromatic N) is 4. The van der Waals surface area contributed by atoms with E-state index in [0.717, 1.165) is 44.1 Å². The van der Waals surface area contributed by atoms with Crippen molar-refractivity contribution in [1.82, 2.24) is 25.4 Å². The van der Waals surface area contributed by atoms with E-state index in [2.05, 4.69) is 60.7 Å². The summed E-state index contributed by atoms with van der Waals surface area (Å²) < 4.78 is 2.35. The van der Waals surface area contributed by atoms with Gasteiger partial charge in [0.15, 0.2) is 5.96 Å². The minimum absolute atomic E-state index is 0.517. The molecule has 0 spiro atoms. The Morgan fingerprint density at radius 3 is 2.70 bits per heavy atom. The molecule has 2 aliphatic rings. The van der Waals surface area contributed by atoms with Crippen molar-refractivity contribution in [3.05, 3.63) is 47.5 Å². The van der Waals surface area contributed by atoms with Crippen LogP contribution in [-0.2, 0) is 19.4 Å². The Kier molecular flexibility index (Phi) is 7.38. The molecule has 1 saturated carbocycles. The van der Waals surface area contributed by atoms with E-state index >= 15 is 0 Å². The topological polar surface area (TPSA) is 67.1 Å². The zero-order chi connectivity index (χ0) is 20.6. The lowest BCUT2D eigenvalue weighted by Crippen LogP contribution is -2.45. The molecule has 2 heterocycles. The first-order chi connectivity index (χ1) is 14.8. The van der Waals surface area contributed by atoms with Crippen LogP contribution in [0.2, 0.25) is 0 Å². The highest BCUT2D eigenvalue weighted by Crippen LogP contribution is 2.32. The van der Waals surface area contributed by atoms with Crippen molar-refractivity contribution in [1.29, 1.82) is 0 Å². The highest BCUT2D eigenvalue weighted by atomic mass is 15.3. The summed E-state index contributed by atoms with van der Waals surface area (Å²) in [6, 6.07) is 11.5. The summed E-state index contributed by atoms with van der Waals surface area (Å²) in [5.41, 5.74) is 1.49. The minimum Gasteiger partial charge on any atom is -0.356 e. The molecule has 0 amide bonds. The first-order valence-electron chi connectivity index (χ1n) is 11.8. The van der Waals surface area contributed by atoms with Crippen molar-refractivity contribution in [3.63, 3.8) is 0 Å². The first kappa shape index (κ1) is 20.9. The summed E-state index contributed by atoms with van der Waals surface area (Å²) in [5, 5.41) is 16.0. The number of aryl methyl sites for hydroxylation is 2. The Morgan fingerprint density at radius 2 is 1.90 bits per heavy atom. The maximum Gasteiger partial charge on any atom is 0.191 e. The largest absolute Gasteiger partial charge is 0.356 e. The number of hydrogen-bond donors (Lipinski definition) is 2. The Hall–Kier alpha value is -2.37. The Labute approximate surface area is 180 Å². The standard InChI is InChI=1S/C24H36N6/c1-25-24(27-21-15-13-20(14-16-21)19-9-4-2-5-10-19)26-17-8-12-23-29-28-22-11-6-3-7-18-30(22)23/h2,4-5,9-10,20-21H,3,6-8,11-18H2,1H3,(H2,25,26,27). The Bertz CT molecular complexity index is 804. The Balaban J connectivity index is 1.18. The first-order valence-corrected chi connectivity index (χ1v) is 11.8. The second-order valence-corrected chi connectivity index (χ2v) is 8.70. The molecule has 0 saturated heterocycles. The number of fused-ring (bicyclic) bond motifs is 1. The second kappa shape index (κ2) is 10.6. The molecule has 0 unspecified atom stereocenters. The lowest BCUT2D eigenvalue weighted by Gasteiger charge is -2.30. The lowest BCUT2D eigenvalue weighted by molar-refractivity contribution is 0.371. The monoisotopic (exact) mass is 408 g/mol. The van der Waals surface area contributed by atoms with Gasteiger partial charge < -0.3 is 15.2 Å². The van der Waals surface area contributed by atoms with Crippen LogP contribution in [-0.4, -0.2) is 40.4 Å². The highest BCUT2D eigenvalue weighted by molar-refractivity contribution is 5.79. The van der Waals surface area contributed by atoms with Gasteiger partial charge in [0, 0.05) is 39.0 Å². The molecule has 0 radical (unpaired) electrons. The molecule has 0 bridgehead atoms. The van der Waals surface area contributed by atoms with Gasteiger partial charge in [-0.3, -0.25) is 4.99 Å². The number of aromatic nitrogens is 3. The van der Waals surface area contributed by atoms with Gasteiger partial charge in [-0.2, -0.15) is 0 Å². The fourth-order valence-electron chi connectivity index (χ4n) is 4.87. The number of guanidine groups is 1. The number of hydrogen-bond acceptors (Lipinski definition) is 3. The molecule has 2 N–H and O–H groups in total. The van der Waals surface area contributed by atoms with Crippen molar-refractivity contribution >= 4 is 5.96 Å². The zero-order valence-electron chi connectivity index (χ0n) is 18.3. The second-order valence-electron chi connectivity index (χ2n) is 8.70. The third-order valence-electron chi connectivity index (χ3n) is 6.62. The van der Waals surface area contributed by atoms with E-state index in [-0.39, 0.29) is 0 Å². The van der Waals surface area contributed by atoms with Crippen molar-refractivity contribution in [2.45, 2.75) is 82.7 Å². The summed E-state index contributed by atoms with van der Waals surface area (Å²) >= 11 is 0. The van der Waals surface area contributed by atoms with E-state index in [9.17, 15) is 0 Å². The summed E-state index contributed by atoms with van der Waals surface area (Å²) in [4.78, 5) is 4.44. The van der Waals surface area contributed by atoms with Crippen molar-refractivity contribution in [2.24, 2.45) is 4.99 Å². The maximum absolute atomic E-state index is 4.44. The number of aliphatic imine (C=N–C) groups is 1. The van der Waals surface area contributed by atoms with E-state index < -0.39 is 0 Å². The molecule has 30 heavy (non-hydrogen) atoms. The fraction of sp³-hybridized carbons (Fsp3) is 0.625. The van der Waals surface area contributed by atoms with E-state index in [1.807, 2.05) is 7.05 Å².